The summed E-state index contributed by atoms with van der Waals surface area (Å²) in [6.07, 6.45) is -2.24. The zero-order valence-corrected chi connectivity index (χ0v) is 15.6. The molecular weight excluding hydrogens is 427 g/mol. The number of rotatable bonds is 6. The molecule has 128 valence electrons. The molecule has 2 aromatic carbocycles. The Hall–Kier alpha value is -1.70. The molecule has 0 atom stereocenters. The molecule has 0 aromatic heterocycles. The maximum Gasteiger partial charge on any atom is 0.267 e. The number of benzene rings is 2. The van der Waals surface area contributed by atoms with Gasteiger partial charge in [0, 0.05) is 21.2 Å². The van der Waals surface area contributed by atoms with E-state index in [1.807, 2.05) is 12.1 Å². The molecule has 0 aliphatic heterocycles. The van der Waals surface area contributed by atoms with Crippen LogP contribution in [0.2, 0.25) is 0 Å². The molecule has 1 amide bonds. The number of nitrogens with one attached hydrogen (secondary N) is 1. The summed E-state index contributed by atoms with van der Waals surface area (Å²) in [5.74, 6) is 0.0462. The number of carbonyl (C=O) groups is 1. The Balaban J connectivity index is 2.25. The van der Waals surface area contributed by atoms with Crippen molar-refractivity contribution in [2.24, 2.45) is 0 Å². The molecule has 0 saturated carbocycles. The molecule has 6 heteroatoms. The van der Waals surface area contributed by atoms with E-state index in [4.69, 9.17) is 4.74 Å². The molecule has 1 N–H and O–H groups in total. The zero-order valence-electron chi connectivity index (χ0n) is 13.4. The van der Waals surface area contributed by atoms with E-state index in [2.05, 4.69) is 27.9 Å². The Kier molecular flexibility index (Phi) is 6.53. The normalized spacial score (nSPS) is 10.8. The van der Waals surface area contributed by atoms with Crippen LogP contribution in [0.3, 0.4) is 0 Å². The number of ether oxygens (including phenoxy) is 1. The third-order valence-corrected chi connectivity index (χ3v) is 4.50. The van der Waals surface area contributed by atoms with Gasteiger partial charge in [-0.15, -0.1) is 0 Å². The van der Waals surface area contributed by atoms with Crippen molar-refractivity contribution in [2.45, 2.75) is 33.3 Å². The van der Waals surface area contributed by atoms with Crippen molar-refractivity contribution in [1.29, 1.82) is 0 Å². The van der Waals surface area contributed by atoms with Crippen LogP contribution < -0.4 is 10.1 Å². The molecule has 3 nitrogen and oxygen atoms in total. The largest absolute Gasteiger partial charge is 0.488 e. The molecule has 0 bridgehead atoms. The van der Waals surface area contributed by atoms with Crippen LogP contribution in [0, 0.1) is 10.5 Å². The molecule has 0 aliphatic carbocycles. The van der Waals surface area contributed by atoms with Gasteiger partial charge in [-0.05, 0) is 53.8 Å². The lowest BCUT2D eigenvalue weighted by atomic mass is 10.1. The molecular formula is C18H18F2INO2. The van der Waals surface area contributed by atoms with E-state index in [0.717, 1.165) is 14.7 Å². The third kappa shape index (κ3) is 4.66. The molecule has 0 heterocycles. The lowest BCUT2D eigenvalue weighted by molar-refractivity contribution is -0.115. The number of halogens is 3. The highest BCUT2D eigenvalue weighted by Gasteiger charge is 2.16. The minimum atomic E-state index is -2.60. The van der Waals surface area contributed by atoms with Gasteiger partial charge in [-0.25, -0.2) is 8.78 Å². The summed E-state index contributed by atoms with van der Waals surface area (Å²) in [4.78, 5) is 11.6. The monoisotopic (exact) mass is 445 g/mol. The minimum Gasteiger partial charge on any atom is -0.488 e. The molecule has 0 radical (unpaired) electrons. The fraction of sp³-hybridized carbons (Fsp3) is 0.278. The summed E-state index contributed by atoms with van der Waals surface area (Å²) in [5, 5.41) is 2.81. The minimum absolute atomic E-state index is 0.0984. The van der Waals surface area contributed by atoms with E-state index in [1.165, 1.54) is 6.07 Å². The molecule has 0 spiro atoms. The van der Waals surface area contributed by atoms with Crippen LogP contribution in [0.25, 0.3) is 0 Å². The van der Waals surface area contributed by atoms with Gasteiger partial charge in [-0.1, -0.05) is 24.6 Å². The van der Waals surface area contributed by atoms with Gasteiger partial charge < -0.3 is 10.1 Å². The van der Waals surface area contributed by atoms with Gasteiger partial charge in [-0.2, -0.15) is 0 Å². The first kappa shape index (κ1) is 18.6. The summed E-state index contributed by atoms with van der Waals surface area (Å²) >= 11 is 2.14. The number of anilines is 1. The smallest absolute Gasteiger partial charge is 0.267 e. The first-order chi connectivity index (χ1) is 11.4. The first-order valence-corrected chi connectivity index (χ1v) is 8.59. The van der Waals surface area contributed by atoms with Crippen LogP contribution in [0.1, 0.15) is 36.5 Å². The molecule has 0 aliphatic rings. The highest BCUT2D eigenvalue weighted by Crippen LogP contribution is 2.31. The summed E-state index contributed by atoms with van der Waals surface area (Å²) in [5.41, 5.74) is 2.03. The third-order valence-electron chi connectivity index (χ3n) is 3.49. The fourth-order valence-electron chi connectivity index (χ4n) is 2.18. The maximum atomic E-state index is 13.2. The van der Waals surface area contributed by atoms with Crippen LogP contribution in [0.5, 0.6) is 5.75 Å². The van der Waals surface area contributed by atoms with Gasteiger partial charge in [-0.3, -0.25) is 4.79 Å². The topological polar surface area (TPSA) is 38.3 Å². The number of alkyl halides is 2. The van der Waals surface area contributed by atoms with E-state index >= 15 is 0 Å². The zero-order chi connectivity index (χ0) is 17.7. The van der Waals surface area contributed by atoms with E-state index < -0.39 is 6.43 Å². The number of hydrogen-bond donors (Lipinski definition) is 1. The van der Waals surface area contributed by atoms with Gasteiger partial charge in [0.25, 0.3) is 6.43 Å². The molecule has 0 unspecified atom stereocenters. The second kappa shape index (κ2) is 8.41. The Labute approximate surface area is 153 Å². The number of carbonyl (C=O) groups excluding carboxylic acids is 1. The SMILES string of the molecule is CCC(=O)Nc1cccc(I)c1COc1ccc(C)cc1C(F)F. The summed E-state index contributed by atoms with van der Waals surface area (Å²) in [6, 6.07) is 10.2. The van der Waals surface area contributed by atoms with Crippen molar-refractivity contribution in [1.82, 2.24) is 0 Å². The lowest BCUT2D eigenvalue weighted by Gasteiger charge is -2.16. The van der Waals surface area contributed by atoms with Crippen LogP contribution >= 0.6 is 22.6 Å². The van der Waals surface area contributed by atoms with E-state index in [9.17, 15) is 13.6 Å². The lowest BCUT2D eigenvalue weighted by Crippen LogP contribution is -2.13. The molecule has 0 saturated heterocycles. The van der Waals surface area contributed by atoms with Gasteiger partial charge in [0.05, 0.1) is 5.56 Å². The van der Waals surface area contributed by atoms with Gasteiger partial charge in [0.1, 0.15) is 12.4 Å². The van der Waals surface area contributed by atoms with Crippen molar-refractivity contribution >= 4 is 34.2 Å². The van der Waals surface area contributed by atoms with Crippen molar-refractivity contribution in [3.05, 3.63) is 56.7 Å². The van der Waals surface area contributed by atoms with Crippen LogP contribution in [0.4, 0.5) is 14.5 Å². The van der Waals surface area contributed by atoms with E-state index in [0.29, 0.717) is 12.1 Å². The highest BCUT2D eigenvalue weighted by atomic mass is 127. The number of hydrogen-bond acceptors (Lipinski definition) is 2. The first-order valence-electron chi connectivity index (χ1n) is 7.51. The van der Waals surface area contributed by atoms with Gasteiger partial charge >= 0.3 is 0 Å². The Bertz CT molecular complexity index is 735. The summed E-state index contributed by atoms with van der Waals surface area (Å²) in [7, 11) is 0. The summed E-state index contributed by atoms with van der Waals surface area (Å²) < 4.78 is 32.9. The molecule has 2 rings (SSSR count). The maximum absolute atomic E-state index is 13.2. The number of amides is 1. The van der Waals surface area contributed by atoms with Crippen molar-refractivity contribution < 1.29 is 18.3 Å². The van der Waals surface area contributed by atoms with Crippen LogP contribution in [-0.2, 0) is 11.4 Å². The standard InChI is InChI=1S/C18H18F2INO2/c1-3-17(23)22-15-6-4-5-14(21)13(15)10-24-16-8-7-11(2)9-12(16)18(19)20/h4-9,18H,3,10H2,1-2H3,(H,22,23). The average Bonchev–Trinajstić information content (AvgIpc) is 2.55. The van der Waals surface area contributed by atoms with Crippen molar-refractivity contribution in [3.8, 4) is 5.75 Å². The fourth-order valence-corrected chi connectivity index (χ4v) is 2.83. The van der Waals surface area contributed by atoms with Gasteiger partial charge in [0.2, 0.25) is 5.91 Å². The second-order valence-corrected chi connectivity index (χ2v) is 6.46. The Morgan fingerprint density at radius 3 is 2.71 bits per heavy atom. The van der Waals surface area contributed by atoms with Crippen LogP contribution in [-0.4, -0.2) is 5.91 Å². The number of aryl methyl sites for hydroxylation is 1. The van der Waals surface area contributed by atoms with E-state index in [1.54, 1.807) is 32.0 Å². The van der Waals surface area contributed by atoms with E-state index in [-0.39, 0.29) is 23.8 Å². The highest BCUT2D eigenvalue weighted by molar-refractivity contribution is 14.1. The predicted octanol–water partition coefficient (Wildman–Crippen LogP) is 5.46. The van der Waals surface area contributed by atoms with Gasteiger partial charge in [0.15, 0.2) is 0 Å². The molecule has 2 aromatic rings. The Morgan fingerprint density at radius 1 is 1.29 bits per heavy atom. The summed E-state index contributed by atoms with van der Waals surface area (Å²) in [6.45, 7) is 3.62. The molecule has 0 fully saturated rings. The average molecular weight is 445 g/mol. The quantitative estimate of drug-likeness (QED) is 0.600. The van der Waals surface area contributed by atoms with Crippen LogP contribution in [0.15, 0.2) is 36.4 Å². The predicted molar refractivity (Wildman–Crippen MR) is 98.5 cm³/mol. The van der Waals surface area contributed by atoms with Crippen molar-refractivity contribution in [2.75, 3.05) is 5.32 Å². The molecule has 24 heavy (non-hydrogen) atoms. The Morgan fingerprint density at radius 2 is 2.04 bits per heavy atom. The van der Waals surface area contributed by atoms with Crippen molar-refractivity contribution in [3.63, 3.8) is 0 Å². The second-order valence-electron chi connectivity index (χ2n) is 5.30.